The highest BCUT2D eigenvalue weighted by Crippen LogP contribution is 2.07. The molecule has 0 aromatic heterocycles. The van der Waals surface area contributed by atoms with Crippen LogP contribution in [0.15, 0.2) is 0 Å². The van der Waals surface area contributed by atoms with Gasteiger partial charge in [-0.2, -0.15) is 0 Å². The average Bonchev–Trinajstić information content (AvgIpc) is 2.74. The number of carboxylic acid groups (broad SMARTS) is 2. The molecule has 11 N–H and O–H groups in total. The van der Waals surface area contributed by atoms with E-state index in [2.05, 4.69) is 16.0 Å². The zero-order valence-electron chi connectivity index (χ0n) is 19.6. The molecule has 5 amide bonds. The van der Waals surface area contributed by atoms with Crippen molar-refractivity contribution >= 4 is 41.5 Å². The fraction of sp³-hybridized carbons (Fsp3) is 0.650. The summed E-state index contributed by atoms with van der Waals surface area (Å²) in [6.07, 6.45) is -1.83. The van der Waals surface area contributed by atoms with Crippen LogP contribution in [0.2, 0.25) is 0 Å². The number of carbonyl (C=O) groups excluding carboxylic acids is 5. The first kappa shape index (κ1) is 31.2. The maximum atomic E-state index is 12.8. The van der Waals surface area contributed by atoms with E-state index < -0.39 is 78.0 Å². The van der Waals surface area contributed by atoms with Crippen LogP contribution in [0.4, 0.5) is 0 Å². The summed E-state index contributed by atoms with van der Waals surface area (Å²) >= 11 is 0. The van der Waals surface area contributed by atoms with Crippen molar-refractivity contribution in [3.63, 3.8) is 0 Å². The van der Waals surface area contributed by atoms with Gasteiger partial charge in [-0.15, -0.1) is 0 Å². The van der Waals surface area contributed by atoms with E-state index in [0.29, 0.717) is 0 Å². The smallest absolute Gasteiger partial charge is 0.326 e. The number of aliphatic carboxylic acids is 2. The molecule has 0 aromatic rings. The molecular weight excluding hydrogens is 468 g/mol. The van der Waals surface area contributed by atoms with E-state index in [-0.39, 0.29) is 32.1 Å². The Morgan fingerprint density at radius 3 is 1.54 bits per heavy atom. The lowest BCUT2D eigenvalue weighted by atomic mass is 10.0. The summed E-state index contributed by atoms with van der Waals surface area (Å²) in [5.74, 6) is -7.31. The van der Waals surface area contributed by atoms with Crippen LogP contribution < -0.4 is 33.2 Å². The normalized spacial score (nSPS) is 14.2. The van der Waals surface area contributed by atoms with Crippen LogP contribution in [0.3, 0.4) is 0 Å². The molecule has 35 heavy (non-hydrogen) atoms. The number of rotatable bonds is 17. The molecule has 0 heterocycles. The lowest BCUT2D eigenvalue weighted by Crippen LogP contribution is -2.57. The van der Waals surface area contributed by atoms with Crippen molar-refractivity contribution in [1.29, 1.82) is 0 Å². The maximum absolute atomic E-state index is 12.8. The molecule has 15 heteroatoms. The van der Waals surface area contributed by atoms with Gasteiger partial charge in [0, 0.05) is 19.3 Å². The molecule has 0 aliphatic carbocycles. The third-order valence-electron chi connectivity index (χ3n) is 4.86. The summed E-state index contributed by atoms with van der Waals surface area (Å²) in [4.78, 5) is 82.4. The summed E-state index contributed by atoms with van der Waals surface area (Å²) in [7, 11) is 0. The van der Waals surface area contributed by atoms with Gasteiger partial charge in [-0.1, -0.05) is 13.8 Å². The largest absolute Gasteiger partial charge is 0.481 e. The summed E-state index contributed by atoms with van der Waals surface area (Å²) in [6, 6.07) is -5.37. The lowest BCUT2D eigenvalue weighted by molar-refractivity contribution is -0.143. The Morgan fingerprint density at radius 2 is 1.11 bits per heavy atom. The Balaban J connectivity index is 5.61. The van der Waals surface area contributed by atoms with Crippen LogP contribution in [-0.4, -0.2) is 75.9 Å². The van der Waals surface area contributed by atoms with Gasteiger partial charge in [0.15, 0.2) is 0 Å². The van der Waals surface area contributed by atoms with E-state index in [1.54, 1.807) is 13.8 Å². The van der Waals surface area contributed by atoms with Gasteiger partial charge >= 0.3 is 11.9 Å². The topological polar surface area (TPSA) is 274 Å². The first-order valence-corrected chi connectivity index (χ1v) is 10.8. The second-order valence-electron chi connectivity index (χ2n) is 8.24. The van der Waals surface area contributed by atoms with E-state index in [4.69, 9.17) is 22.3 Å². The molecule has 0 aromatic carbocycles. The van der Waals surface area contributed by atoms with Crippen molar-refractivity contribution in [2.45, 2.75) is 76.5 Å². The Labute approximate surface area is 201 Å². The van der Waals surface area contributed by atoms with Crippen LogP contribution in [0, 0.1) is 5.92 Å². The maximum Gasteiger partial charge on any atom is 0.326 e. The first-order chi connectivity index (χ1) is 16.1. The number of carboxylic acids is 2. The molecular formula is C20H34N6O9. The highest BCUT2D eigenvalue weighted by atomic mass is 16.4. The van der Waals surface area contributed by atoms with Gasteiger partial charge in [0.25, 0.3) is 0 Å². The quantitative estimate of drug-likeness (QED) is 0.0991. The highest BCUT2D eigenvalue weighted by Gasteiger charge is 2.31. The van der Waals surface area contributed by atoms with Crippen LogP contribution in [0.25, 0.3) is 0 Å². The second kappa shape index (κ2) is 15.2. The third kappa shape index (κ3) is 12.9. The molecule has 0 rings (SSSR count). The molecule has 15 nitrogen and oxygen atoms in total. The van der Waals surface area contributed by atoms with E-state index in [1.165, 1.54) is 0 Å². The SMILES string of the molecule is CC(C)C(NC(=O)C(CCC(N)=O)NC(=O)C(CCC(=O)O)NC(=O)C(N)CCC(N)=O)C(=O)O. The predicted octanol–water partition coefficient (Wildman–Crippen LogP) is -3.10. The molecule has 0 radical (unpaired) electrons. The molecule has 0 bridgehead atoms. The van der Waals surface area contributed by atoms with Gasteiger partial charge in [0.05, 0.1) is 6.04 Å². The predicted molar refractivity (Wildman–Crippen MR) is 120 cm³/mol. The van der Waals surface area contributed by atoms with Crippen molar-refractivity contribution in [2.24, 2.45) is 23.1 Å². The number of hydrogen-bond donors (Lipinski definition) is 8. The summed E-state index contributed by atoms with van der Waals surface area (Å²) in [5.41, 5.74) is 15.8. The Morgan fingerprint density at radius 1 is 0.686 bits per heavy atom. The van der Waals surface area contributed by atoms with Gasteiger partial charge in [0.1, 0.15) is 18.1 Å². The fourth-order valence-corrected chi connectivity index (χ4v) is 2.84. The second-order valence-corrected chi connectivity index (χ2v) is 8.24. The van der Waals surface area contributed by atoms with Crippen molar-refractivity contribution < 1.29 is 43.8 Å². The number of nitrogens with one attached hydrogen (secondary N) is 3. The minimum absolute atomic E-state index is 0.121. The van der Waals surface area contributed by atoms with Crippen molar-refractivity contribution in [3.8, 4) is 0 Å². The first-order valence-electron chi connectivity index (χ1n) is 10.8. The Kier molecular flexibility index (Phi) is 13.6. The fourth-order valence-electron chi connectivity index (χ4n) is 2.84. The number of primary amides is 2. The Bertz CT molecular complexity index is 817. The zero-order valence-corrected chi connectivity index (χ0v) is 19.6. The van der Waals surface area contributed by atoms with E-state index in [9.17, 15) is 38.7 Å². The molecule has 0 saturated carbocycles. The molecule has 0 spiro atoms. The molecule has 0 aliphatic heterocycles. The standard InChI is InChI=1S/C20H34N6O9/c1-9(2)16(20(34)35)26-19(33)11(4-7-14(23)28)25-18(32)12(5-8-15(29)30)24-17(31)10(21)3-6-13(22)27/h9-12,16H,3-8,21H2,1-2H3,(H2,22,27)(H2,23,28)(H,24,31)(H,25,32)(H,26,33)(H,29,30)(H,34,35). The van der Waals surface area contributed by atoms with Crippen molar-refractivity contribution in [2.75, 3.05) is 0 Å². The molecule has 4 atom stereocenters. The molecule has 0 saturated heterocycles. The molecule has 198 valence electrons. The lowest BCUT2D eigenvalue weighted by Gasteiger charge is -2.25. The minimum atomic E-state index is -1.44. The van der Waals surface area contributed by atoms with E-state index in [1.807, 2.05) is 0 Å². The molecule has 0 aliphatic rings. The van der Waals surface area contributed by atoms with Gasteiger partial charge in [-0.3, -0.25) is 28.8 Å². The van der Waals surface area contributed by atoms with Crippen molar-refractivity contribution in [3.05, 3.63) is 0 Å². The average molecular weight is 503 g/mol. The number of hydrogen-bond acceptors (Lipinski definition) is 8. The monoisotopic (exact) mass is 502 g/mol. The number of carbonyl (C=O) groups is 7. The van der Waals surface area contributed by atoms with Crippen LogP contribution in [0.5, 0.6) is 0 Å². The summed E-state index contributed by atoms with van der Waals surface area (Å²) in [6.45, 7) is 3.10. The summed E-state index contributed by atoms with van der Waals surface area (Å²) in [5, 5.41) is 25.1. The van der Waals surface area contributed by atoms with Gasteiger partial charge in [-0.25, -0.2) is 4.79 Å². The summed E-state index contributed by atoms with van der Waals surface area (Å²) < 4.78 is 0. The van der Waals surface area contributed by atoms with Crippen LogP contribution in [-0.2, 0) is 33.6 Å². The Hall–Kier alpha value is -3.75. The van der Waals surface area contributed by atoms with Gasteiger partial charge in [-0.05, 0) is 25.2 Å². The minimum Gasteiger partial charge on any atom is -0.481 e. The van der Waals surface area contributed by atoms with E-state index in [0.717, 1.165) is 0 Å². The third-order valence-corrected chi connectivity index (χ3v) is 4.86. The van der Waals surface area contributed by atoms with Gasteiger partial charge in [0.2, 0.25) is 29.5 Å². The van der Waals surface area contributed by atoms with Crippen LogP contribution >= 0.6 is 0 Å². The molecule has 4 unspecified atom stereocenters. The number of amides is 5. The zero-order chi connectivity index (χ0) is 27.3. The van der Waals surface area contributed by atoms with Gasteiger partial charge < -0.3 is 43.4 Å². The van der Waals surface area contributed by atoms with Crippen LogP contribution in [0.1, 0.15) is 52.4 Å². The molecule has 0 fully saturated rings. The highest BCUT2D eigenvalue weighted by molar-refractivity contribution is 5.94. The van der Waals surface area contributed by atoms with E-state index >= 15 is 0 Å². The number of nitrogens with two attached hydrogens (primary N) is 3. The van der Waals surface area contributed by atoms with Crippen molar-refractivity contribution in [1.82, 2.24) is 16.0 Å².